The fourth-order valence-corrected chi connectivity index (χ4v) is 10.6. The summed E-state index contributed by atoms with van der Waals surface area (Å²) in [7, 11) is -1.12. The number of benzene rings is 3. The molecule has 5 aromatic rings. The molecule has 1 aliphatic carbocycles. The second-order valence-corrected chi connectivity index (χ2v) is 14.4. The number of aromatic nitrogens is 1. The number of aryl methyl sites for hydroxylation is 1. The molecule has 8 rings (SSSR count). The van der Waals surface area contributed by atoms with Gasteiger partial charge >= 0.3 is 0 Å². The minimum Gasteiger partial charge on any atom is -0.323 e. The first kappa shape index (κ1) is 22.4. The maximum atomic E-state index is 2.51. The molecule has 162 valence electrons. The molecule has 2 bridgehead atoms. The van der Waals surface area contributed by atoms with E-state index in [4.69, 9.17) is 0 Å². The summed E-state index contributed by atoms with van der Waals surface area (Å²) in [6, 6.07) is 28.0. The van der Waals surface area contributed by atoms with Crippen LogP contribution in [-0.2, 0) is 26.2 Å². The monoisotopic (exact) mass is 520 g/mol. The molecule has 0 saturated heterocycles. The summed E-state index contributed by atoms with van der Waals surface area (Å²) < 4.78 is 2.29. The molecular formula is C30H28NSiZr-. The summed E-state index contributed by atoms with van der Waals surface area (Å²) in [5.41, 5.74) is 8.17. The van der Waals surface area contributed by atoms with E-state index in [1.165, 1.54) is 38.4 Å². The molecule has 1 atom stereocenters. The van der Waals surface area contributed by atoms with Crippen molar-refractivity contribution >= 4 is 34.8 Å². The Morgan fingerprint density at radius 3 is 2.27 bits per heavy atom. The second kappa shape index (κ2) is 8.15. The van der Waals surface area contributed by atoms with E-state index in [2.05, 4.69) is 123 Å². The third kappa shape index (κ3) is 3.40. The predicted molar refractivity (Wildman–Crippen MR) is 140 cm³/mol. The Labute approximate surface area is 216 Å². The number of hydrogen-bond donors (Lipinski definition) is 0. The van der Waals surface area contributed by atoms with E-state index in [9.17, 15) is 0 Å². The third-order valence-electron chi connectivity index (χ3n) is 7.45. The zero-order valence-electron chi connectivity index (χ0n) is 19.7. The first-order chi connectivity index (χ1) is 15.4. The maximum absolute atomic E-state index is 2.51. The van der Waals surface area contributed by atoms with Crippen LogP contribution in [0.25, 0.3) is 32.4 Å². The fraction of sp³-hybridized carbons (Fsp3) is 0.167. The minimum absolute atomic E-state index is 0. The van der Waals surface area contributed by atoms with Gasteiger partial charge in [0.15, 0.2) is 0 Å². The van der Waals surface area contributed by atoms with E-state index in [-0.39, 0.29) is 26.2 Å². The molecule has 1 nitrogen and oxygen atoms in total. The van der Waals surface area contributed by atoms with Crippen molar-refractivity contribution in [2.24, 2.45) is 0 Å². The van der Waals surface area contributed by atoms with Crippen LogP contribution in [0.1, 0.15) is 29.2 Å². The topological polar surface area (TPSA) is 4.93 Å². The number of hydrogen-bond acceptors (Lipinski definition) is 0. The molecule has 0 radical (unpaired) electrons. The Kier molecular flexibility index (Phi) is 5.54. The number of rotatable bonds is 1. The fourth-order valence-electron chi connectivity index (χ4n) is 6.21. The molecule has 0 N–H and O–H groups in total. The van der Waals surface area contributed by atoms with Crippen LogP contribution in [-0.4, -0.2) is 12.6 Å². The zero-order valence-corrected chi connectivity index (χ0v) is 23.1. The van der Waals surface area contributed by atoms with Crippen LogP contribution < -0.4 is 0 Å². The molecule has 3 heteroatoms. The molecule has 3 heterocycles. The van der Waals surface area contributed by atoms with Crippen molar-refractivity contribution < 1.29 is 26.2 Å². The molecule has 0 amide bonds. The SMILES string of the molecule is CC1=C2c3cn(-c4ccccc4)cc3C1[Si]2(C)C.Cc1cc2c(ccc3ccccc32)[cH-]1.[Zr]. The Bertz CT molecular complexity index is 1520. The van der Waals surface area contributed by atoms with Gasteiger partial charge in [-0.2, -0.15) is 6.07 Å². The van der Waals surface area contributed by atoms with Crippen molar-refractivity contribution in [2.45, 2.75) is 32.5 Å². The molecule has 33 heavy (non-hydrogen) atoms. The Hall–Kier alpha value is -2.35. The first-order valence-electron chi connectivity index (χ1n) is 11.5. The first-order valence-corrected chi connectivity index (χ1v) is 14.6. The average molecular weight is 522 g/mol. The van der Waals surface area contributed by atoms with Crippen molar-refractivity contribution in [1.29, 1.82) is 0 Å². The van der Waals surface area contributed by atoms with Crippen LogP contribution in [0.15, 0.2) is 96.8 Å². The average Bonchev–Trinajstić information content (AvgIpc) is 3.49. The maximum Gasteiger partial charge on any atom is 0.0931 e. The van der Waals surface area contributed by atoms with Gasteiger partial charge < -0.3 is 4.57 Å². The Morgan fingerprint density at radius 1 is 0.818 bits per heavy atom. The predicted octanol–water partition coefficient (Wildman–Crippen LogP) is 8.17. The van der Waals surface area contributed by atoms with E-state index in [1.807, 2.05) is 0 Å². The van der Waals surface area contributed by atoms with Gasteiger partial charge in [0.1, 0.15) is 0 Å². The number of fused-ring (bicyclic) bond motifs is 3. The van der Waals surface area contributed by atoms with E-state index in [0.29, 0.717) is 0 Å². The number of para-hydroxylation sites is 1. The van der Waals surface area contributed by atoms with Gasteiger partial charge in [0.05, 0.1) is 8.07 Å². The van der Waals surface area contributed by atoms with Gasteiger partial charge in [-0.25, -0.2) is 0 Å². The molecular weight excluding hydrogens is 494 g/mol. The van der Waals surface area contributed by atoms with Gasteiger partial charge in [-0.05, 0) is 35.6 Å². The van der Waals surface area contributed by atoms with Crippen LogP contribution in [0.4, 0.5) is 0 Å². The normalized spacial score (nSPS) is 17.3. The van der Waals surface area contributed by atoms with Gasteiger partial charge in [0.25, 0.3) is 0 Å². The largest absolute Gasteiger partial charge is 0.323 e. The van der Waals surface area contributed by atoms with Crippen LogP contribution in [0.3, 0.4) is 0 Å². The molecule has 0 saturated carbocycles. The third-order valence-corrected chi connectivity index (χ3v) is 11.6. The molecule has 3 aliphatic rings. The molecule has 2 aliphatic heterocycles. The summed E-state index contributed by atoms with van der Waals surface area (Å²) in [5.74, 6) is 0. The summed E-state index contributed by atoms with van der Waals surface area (Å²) in [4.78, 5) is 0. The molecule has 1 aromatic heterocycles. The van der Waals surface area contributed by atoms with E-state index in [1.54, 1.807) is 16.3 Å². The van der Waals surface area contributed by atoms with E-state index in [0.717, 1.165) is 5.54 Å². The van der Waals surface area contributed by atoms with Crippen molar-refractivity contribution in [2.75, 3.05) is 0 Å². The summed E-state index contributed by atoms with van der Waals surface area (Å²) >= 11 is 0. The van der Waals surface area contributed by atoms with Gasteiger partial charge in [-0.15, -0.1) is 28.5 Å². The summed E-state index contributed by atoms with van der Waals surface area (Å²) in [5, 5.41) is 7.13. The van der Waals surface area contributed by atoms with Crippen LogP contribution in [0.2, 0.25) is 13.1 Å². The molecule has 1 unspecified atom stereocenters. The van der Waals surface area contributed by atoms with E-state index < -0.39 is 8.07 Å². The zero-order chi connectivity index (χ0) is 22.0. The van der Waals surface area contributed by atoms with Gasteiger partial charge in [-0.1, -0.05) is 84.7 Å². The second-order valence-electron chi connectivity index (χ2n) is 9.91. The van der Waals surface area contributed by atoms with Crippen LogP contribution in [0.5, 0.6) is 0 Å². The standard InChI is InChI=1S/C16H17NSi.C14H11.Zr/c1-11-15-13-9-17(12-7-5-4-6-8-12)10-14(13)16(11)18(15,2)3;1-10-8-12-7-6-11-4-2-3-5-13(11)14(12)9-10;/h4-10,15H,1-3H3;2-9H,1H3;/q;-1;. The summed E-state index contributed by atoms with van der Waals surface area (Å²) in [6.07, 6.45) is 4.69. The minimum atomic E-state index is -1.12. The molecule has 0 spiro atoms. The molecule has 0 fully saturated rings. The van der Waals surface area contributed by atoms with Gasteiger partial charge in [0, 0.05) is 49.8 Å². The van der Waals surface area contributed by atoms with Crippen molar-refractivity contribution in [1.82, 2.24) is 4.57 Å². The number of nitrogens with zero attached hydrogens (tertiary/aromatic N) is 1. The number of allylic oxidation sites excluding steroid dienone is 1. The van der Waals surface area contributed by atoms with E-state index >= 15 is 0 Å². The van der Waals surface area contributed by atoms with Crippen molar-refractivity contribution in [3.63, 3.8) is 0 Å². The van der Waals surface area contributed by atoms with Crippen LogP contribution in [0, 0.1) is 6.92 Å². The van der Waals surface area contributed by atoms with Crippen LogP contribution >= 0.6 is 0 Å². The smallest absolute Gasteiger partial charge is 0.0931 e. The van der Waals surface area contributed by atoms with Gasteiger partial charge in [0.2, 0.25) is 0 Å². The quantitative estimate of drug-likeness (QED) is 0.155. The Balaban J connectivity index is 0.000000138. The summed E-state index contributed by atoms with van der Waals surface area (Å²) in [6.45, 7) is 9.49. The van der Waals surface area contributed by atoms with Gasteiger partial charge in [-0.3, -0.25) is 0 Å². The van der Waals surface area contributed by atoms with Crippen molar-refractivity contribution in [3.8, 4) is 5.69 Å². The Morgan fingerprint density at radius 2 is 1.55 bits per heavy atom. The van der Waals surface area contributed by atoms with Crippen molar-refractivity contribution in [3.05, 3.63) is 114 Å². The molecule has 4 aromatic carbocycles.